The molecule has 0 spiro atoms. The Bertz CT molecular complexity index is 927. The molecule has 0 saturated carbocycles. The van der Waals surface area contributed by atoms with E-state index < -0.39 is 9.84 Å². The second-order valence-corrected chi connectivity index (χ2v) is 9.65. The van der Waals surface area contributed by atoms with E-state index in [0.717, 1.165) is 25.0 Å². The van der Waals surface area contributed by atoms with E-state index in [1.807, 2.05) is 27.8 Å². The summed E-state index contributed by atoms with van der Waals surface area (Å²) in [6.07, 6.45) is 2.71. The number of amides is 1. The van der Waals surface area contributed by atoms with Crippen LogP contribution in [0.1, 0.15) is 12.0 Å². The third-order valence-electron chi connectivity index (χ3n) is 5.73. The highest BCUT2D eigenvalue weighted by Gasteiger charge is 2.34. The van der Waals surface area contributed by atoms with E-state index in [1.165, 1.54) is 10.9 Å². The number of piperazine rings is 1. The third kappa shape index (κ3) is 3.38. The van der Waals surface area contributed by atoms with Crippen molar-refractivity contribution in [2.45, 2.75) is 25.9 Å². The van der Waals surface area contributed by atoms with Gasteiger partial charge in [-0.3, -0.25) is 9.69 Å². The lowest BCUT2D eigenvalue weighted by molar-refractivity contribution is -0.133. The highest BCUT2D eigenvalue weighted by molar-refractivity contribution is 7.91. The van der Waals surface area contributed by atoms with E-state index in [2.05, 4.69) is 24.0 Å². The van der Waals surface area contributed by atoms with Crippen molar-refractivity contribution in [1.29, 1.82) is 0 Å². The zero-order chi connectivity index (χ0) is 18.3. The van der Waals surface area contributed by atoms with Gasteiger partial charge in [0.1, 0.15) is 6.54 Å². The summed E-state index contributed by atoms with van der Waals surface area (Å²) in [7, 11) is -2.86. The van der Waals surface area contributed by atoms with Gasteiger partial charge >= 0.3 is 0 Å². The maximum absolute atomic E-state index is 12.7. The van der Waals surface area contributed by atoms with Crippen molar-refractivity contribution < 1.29 is 13.2 Å². The summed E-state index contributed by atoms with van der Waals surface area (Å²) in [6.45, 7) is 5.30. The number of aryl methyl sites for hydroxylation is 1. The van der Waals surface area contributed by atoms with Crippen molar-refractivity contribution in [3.8, 4) is 0 Å². The SMILES string of the molecule is Cc1cccc2c1ccn2CC(=O)N1CCN(C2CCS(=O)(=O)C2)CC1. The van der Waals surface area contributed by atoms with Gasteiger partial charge in [0.2, 0.25) is 5.91 Å². The molecule has 0 bridgehead atoms. The molecule has 0 N–H and O–H groups in total. The van der Waals surface area contributed by atoms with Gasteiger partial charge in [-0.25, -0.2) is 8.42 Å². The molecule has 1 aromatic heterocycles. The molecule has 2 fully saturated rings. The highest BCUT2D eigenvalue weighted by atomic mass is 32.2. The fourth-order valence-electron chi connectivity index (χ4n) is 4.16. The van der Waals surface area contributed by atoms with Crippen molar-refractivity contribution in [3.63, 3.8) is 0 Å². The van der Waals surface area contributed by atoms with Crippen LogP contribution in [0.25, 0.3) is 10.9 Å². The number of sulfone groups is 1. The van der Waals surface area contributed by atoms with Crippen LogP contribution < -0.4 is 0 Å². The Labute approximate surface area is 154 Å². The van der Waals surface area contributed by atoms with Crippen LogP contribution in [-0.4, -0.2) is 72.4 Å². The number of carbonyl (C=O) groups is 1. The van der Waals surface area contributed by atoms with Gasteiger partial charge in [0.15, 0.2) is 9.84 Å². The standard InChI is InChI=1S/C19H25N3O3S/c1-15-3-2-4-18-17(15)5-7-22(18)13-19(23)21-10-8-20(9-11-21)16-6-12-26(24,25)14-16/h2-5,7,16H,6,8-14H2,1H3. The molecule has 1 amide bonds. The topological polar surface area (TPSA) is 62.6 Å². The van der Waals surface area contributed by atoms with Crippen LogP contribution >= 0.6 is 0 Å². The minimum Gasteiger partial charge on any atom is -0.339 e. The lowest BCUT2D eigenvalue weighted by Crippen LogP contribution is -2.52. The Morgan fingerprint density at radius 2 is 1.92 bits per heavy atom. The Hall–Kier alpha value is -1.86. The number of hydrogen-bond acceptors (Lipinski definition) is 4. The van der Waals surface area contributed by atoms with Gasteiger partial charge in [-0.1, -0.05) is 12.1 Å². The number of benzene rings is 1. The number of fused-ring (bicyclic) bond motifs is 1. The molecule has 2 saturated heterocycles. The summed E-state index contributed by atoms with van der Waals surface area (Å²) in [6, 6.07) is 8.35. The van der Waals surface area contributed by atoms with Crippen molar-refractivity contribution in [2.75, 3.05) is 37.7 Å². The van der Waals surface area contributed by atoms with Crippen LogP contribution in [0.5, 0.6) is 0 Å². The second-order valence-electron chi connectivity index (χ2n) is 7.42. The smallest absolute Gasteiger partial charge is 0.242 e. The van der Waals surface area contributed by atoms with Crippen molar-refractivity contribution in [1.82, 2.24) is 14.4 Å². The summed E-state index contributed by atoms with van der Waals surface area (Å²) < 4.78 is 25.4. The number of carbonyl (C=O) groups excluding carboxylic acids is 1. The first-order valence-electron chi connectivity index (χ1n) is 9.20. The molecule has 140 valence electrons. The monoisotopic (exact) mass is 375 g/mol. The largest absolute Gasteiger partial charge is 0.339 e. The molecular weight excluding hydrogens is 350 g/mol. The van der Waals surface area contributed by atoms with Crippen LogP contribution in [0.15, 0.2) is 30.5 Å². The van der Waals surface area contributed by atoms with Crippen molar-refractivity contribution in [3.05, 3.63) is 36.0 Å². The molecule has 0 aliphatic carbocycles. The van der Waals surface area contributed by atoms with Gasteiger partial charge in [-0.15, -0.1) is 0 Å². The number of aromatic nitrogens is 1. The zero-order valence-corrected chi connectivity index (χ0v) is 15.9. The van der Waals surface area contributed by atoms with Crippen LogP contribution in [0.2, 0.25) is 0 Å². The Morgan fingerprint density at radius 3 is 2.62 bits per heavy atom. The van der Waals surface area contributed by atoms with E-state index in [0.29, 0.717) is 25.4 Å². The molecule has 2 aliphatic rings. The lowest BCUT2D eigenvalue weighted by Gasteiger charge is -2.37. The third-order valence-corrected chi connectivity index (χ3v) is 7.48. The molecule has 1 unspecified atom stereocenters. The van der Waals surface area contributed by atoms with Crippen LogP contribution in [0.4, 0.5) is 0 Å². The van der Waals surface area contributed by atoms with Crippen molar-refractivity contribution >= 4 is 26.6 Å². The molecule has 1 atom stereocenters. The minimum atomic E-state index is -2.86. The van der Waals surface area contributed by atoms with E-state index in [9.17, 15) is 13.2 Å². The molecule has 3 heterocycles. The highest BCUT2D eigenvalue weighted by Crippen LogP contribution is 2.21. The first-order chi connectivity index (χ1) is 12.4. The predicted octanol–water partition coefficient (Wildman–Crippen LogP) is 1.28. The average Bonchev–Trinajstić information content (AvgIpc) is 3.19. The minimum absolute atomic E-state index is 0.127. The molecule has 0 radical (unpaired) electrons. The van der Waals surface area contributed by atoms with Gasteiger partial charge < -0.3 is 9.47 Å². The lowest BCUT2D eigenvalue weighted by atomic mass is 10.1. The number of rotatable bonds is 3. The molecule has 7 heteroatoms. The fraction of sp³-hybridized carbons (Fsp3) is 0.526. The molecule has 1 aromatic carbocycles. The van der Waals surface area contributed by atoms with E-state index in [-0.39, 0.29) is 17.7 Å². The van der Waals surface area contributed by atoms with Gasteiger partial charge in [0.05, 0.1) is 11.5 Å². The first-order valence-corrected chi connectivity index (χ1v) is 11.0. The van der Waals surface area contributed by atoms with E-state index in [4.69, 9.17) is 0 Å². The van der Waals surface area contributed by atoms with E-state index in [1.54, 1.807) is 0 Å². The summed E-state index contributed by atoms with van der Waals surface area (Å²) >= 11 is 0. The number of hydrogen-bond donors (Lipinski definition) is 0. The molecule has 6 nitrogen and oxygen atoms in total. The molecule has 2 aliphatic heterocycles. The molecule has 2 aromatic rings. The molecular formula is C19H25N3O3S. The molecule has 26 heavy (non-hydrogen) atoms. The quantitative estimate of drug-likeness (QED) is 0.811. The maximum Gasteiger partial charge on any atom is 0.242 e. The summed E-state index contributed by atoms with van der Waals surface area (Å²) in [5.74, 6) is 0.703. The fourth-order valence-corrected chi connectivity index (χ4v) is 5.92. The van der Waals surface area contributed by atoms with Crippen LogP contribution in [0, 0.1) is 6.92 Å². The predicted molar refractivity (Wildman–Crippen MR) is 102 cm³/mol. The van der Waals surface area contributed by atoms with Gasteiger partial charge in [-0.05, 0) is 31.0 Å². The second kappa shape index (κ2) is 6.70. The zero-order valence-electron chi connectivity index (χ0n) is 15.1. The summed E-state index contributed by atoms with van der Waals surface area (Å²) in [5, 5.41) is 1.19. The first kappa shape index (κ1) is 17.5. The maximum atomic E-state index is 12.7. The van der Waals surface area contributed by atoms with Gasteiger partial charge in [0.25, 0.3) is 0 Å². The number of nitrogens with zero attached hydrogens (tertiary/aromatic N) is 3. The van der Waals surface area contributed by atoms with E-state index >= 15 is 0 Å². The normalized spacial score (nSPS) is 23.6. The molecule has 4 rings (SSSR count). The van der Waals surface area contributed by atoms with Crippen LogP contribution in [-0.2, 0) is 21.2 Å². The summed E-state index contributed by atoms with van der Waals surface area (Å²) in [5.41, 5.74) is 2.31. The van der Waals surface area contributed by atoms with Gasteiger partial charge in [0, 0.05) is 49.3 Å². The Balaban J connectivity index is 1.37. The summed E-state index contributed by atoms with van der Waals surface area (Å²) in [4.78, 5) is 16.9. The van der Waals surface area contributed by atoms with Gasteiger partial charge in [-0.2, -0.15) is 0 Å². The Kier molecular flexibility index (Phi) is 4.52. The Morgan fingerprint density at radius 1 is 1.15 bits per heavy atom. The van der Waals surface area contributed by atoms with Crippen LogP contribution in [0.3, 0.4) is 0 Å². The average molecular weight is 375 g/mol. The van der Waals surface area contributed by atoms with Crippen molar-refractivity contribution in [2.24, 2.45) is 0 Å².